The van der Waals surface area contributed by atoms with E-state index in [1.165, 1.54) is 0 Å². The molecule has 4 nitrogen and oxygen atoms in total. The molecule has 0 spiro atoms. The van der Waals surface area contributed by atoms with Crippen LogP contribution >= 0.6 is 15.9 Å². The first-order valence-electron chi connectivity index (χ1n) is 6.11. The summed E-state index contributed by atoms with van der Waals surface area (Å²) in [4.78, 5) is 2.25. The molecule has 1 fully saturated rings. The minimum absolute atomic E-state index is 0.126. The number of halogens is 1. The van der Waals surface area contributed by atoms with Crippen molar-refractivity contribution in [3.05, 3.63) is 28.2 Å². The van der Waals surface area contributed by atoms with Gasteiger partial charge in [-0.25, -0.2) is 0 Å². The number of nitrogens with two attached hydrogens (primary N) is 1. The second kappa shape index (κ2) is 6.52. The van der Waals surface area contributed by atoms with Crippen molar-refractivity contribution in [1.82, 2.24) is 4.90 Å². The number of morpholine rings is 1. The number of nitrogens with zero attached hydrogens (tertiary/aromatic N) is 1. The minimum Gasteiger partial charge on any atom is -0.489 e. The number of ether oxygens (including phenoxy) is 2. The number of benzene rings is 1. The predicted molar refractivity (Wildman–Crippen MR) is 74.8 cm³/mol. The van der Waals surface area contributed by atoms with Gasteiger partial charge in [0.05, 0.1) is 11.1 Å². The standard InChI is InChI=1S/C13H19BrN2O2/c1-16-5-6-17-11(8-16)9-18-13-10(7-15)3-2-4-12(13)14/h2-4,11H,5-9,15H2,1H3. The van der Waals surface area contributed by atoms with Crippen LogP contribution in [0.5, 0.6) is 5.75 Å². The van der Waals surface area contributed by atoms with Gasteiger partial charge in [0.25, 0.3) is 0 Å². The Bertz CT molecular complexity index is 401. The van der Waals surface area contributed by atoms with Crippen LogP contribution in [-0.2, 0) is 11.3 Å². The Morgan fingerprint density at radius 1 is 1.56 bits per heavy atom. The molecule has 18 heavy (non-hydrogen) atoms. The maximum atomic E-state index is 5.87. The van der Waals surface area contributed by atoms with Crippen LogP contribution < -0.4 is 10.5 Å². The molecule has 100 valence electrons. The molecule has 1 aliphatic heterocycles. The van der Waals surface area contributed by atoms with Crippen molar-refractivity contribution in [3.63, 3.8) is 0 Å². The van der Waals surface area contributed by atoms with E-state index in [-0.39, 0.29) is 6.10 Å². The maximum Gasteiger partial charge on any atom is 0.138 e. The molecule has 0 aliphatic carbocycles. The zero-order valence-electron chi connectivity index (χ0n) is 10.6. The molecule has 0 bridgehead atoms. The van der Waals surface area contributed by atoms with E-state index in [4.69, 9.17) is 15.2 Å². The van der Waals surface area contributed by atoms with E-state index in [0.29, 0.717) is 13.2 Å². The Balaban J connectivity index is 1.97. The van der Waals surface area contributed by atoms with Crippen molar-refractivity contribution in [3.8, 4) is 5.75 Å². The second-order valence-electron chi connectivity index (χ2n) is 4.50. The van der Waals surface area contributed by atoms with E-state index >= 15 is 0 Å². The summed E-state index contributed by atoms with van der Waals surface area (Å²) < 4.78 is 12.5. The van der Waals surface area contributed by atoms with Crippen molar-refractivity contribution in [2.24, 2.45) is 5.73 Å². The van der Waals surface area contributed by atoms with E-state index in [0.717, 1.165) is 35.5 Å². The summed E-state index contributed by atoms with van der Waals surface area (Å²) in [5.41, 5.74) is 6.72. The maximum absolute atomic E-state index is 5.87. The quantitative estimate of drug-likeness (QED) is 0.917. The third-order valence-corrected chi connectivity index (χ3v) is 3.65. The van der Waals surface area contributed by atoms with Crippen LogP contribution in [0.2, 0.25) is 0 Å². The molecule has 0 radical (unpaired) electrons. The summed E-state index contributed by atoms with van der Waals surface area (Å²) in [6, 6.07) is 5.90. The summed E-state index contributed by atoms with van der Waals surface area (Å²) in [5, 5.41) is 0. The zero-order chi connectivity index (χ0) is 13.0. The highest BCUT2D eigenvalue weighted by atomic mass is 79.9. The second-order valence-corrected chi connectivity index (χ2v) is 5.35. The van der Waals surface area contributed by atoms with E-state index in [2.05, 4.69) is 27.9 Å². The first kappa shape index (κ1) is 13.8. The SMILES string of the molecule is CN1CCOC(COc2c(Br)cccc2CN)C1. The van der Waals surface area contributed by atoms with Gasteiger partial charge < -0.3 is 20.1 Å². The summed E-state index contributed by atoms with van der Waals surface area (Å²) in [5.74, 6) is 0.830. The van der Waals surface area contributed by atoms with Gasteiger partial charge in [0.2, 0.25) is 0 Å². The molecule has 1 aromatic rings. The van der Waals surface area contributed by atoms with Crippen molar-refractivity contribution >= 4 is 15.9 Å². The molecule has 1 saturated heterocycles. The van der Waals surface area contributed by atoms with Gasteiger partial charge in [-0.3, -0.25) is 0 Å². The normalized spacial score (nSPS) is 20.9. The molecule has 1 aromatic carbocycles. The number of likely N-dealkylation sites (N-methyl/N-ethyl adjacent to an activating group) is 1. The molecule has 0 aromatic heterocycles. The predicted octanol–water partition coefficient (Wildman–Crippen LogP) is 1.62. The van der Waals surface area contributed by atoms with Crippen molar-refractivity contribution < 1.29 is 9.47 Å². The molecular formula is C13H19BrN2O2. The third-order valence-electron chi connectivity index (χ3n) is 3.02. The highest BCUT2D eigenvalue weighted by molar-refractivity contribution is 9.10. The summed E-state index contributed by atoms with van der Waals surface area (Å²) in [6.07, 6.45) is 0.126. The lowest BCUT2D eigenvalue weighted by Gasteiger charge is -2.30. The summed E-state index contributed by atoms with van der Waals surface area (Å²) in [6.45, 7) is 3.69. The van der Waals surface area contributed by atoms with Crippen LogP contribution in [0.3, 0.4) is 0 Å². The first-order chi connectivity index (χ1) is 8.70. The van der Waals surface area contributed by atoms with Crippen LogP contribution in [0, 0.1) is 0 Å². The van der Waals surface area contributed by atoms with Crippen LogP contribution in [0.1, 0.15) is 5.56 Å². The van der Waals surface area contributed by atoms with Crippen molar-refractivity contribution in [1.29, 1.82) is 0 Å². The first-order valence-corrected chi connectivity index (χ1v) is 6.90. The fourth-order valence-corrected chi connectivity index (χ4v) is 2.54. The highest BCUT2D eigenvalue weighted by Gasteiger charge is 2.19. The molecule has 5 heteroatoms. The average molecular weight is 315 g/mol. The molecule has 1 atom stereocenters. The number of para-hydroxylation sites is 1. The van der Waals surface area contributed by atoms with Crippen LogP contribution in [0.15, 0.2) is 22.7 Å². The number of hydrogen-bond acceptors (Lipinski definition) is 4. The molecule has 2 N–H and O–H groups in total. The topological polar surface area (TPSA) is 47.7 Å². The summed E-state index contributed by atoms with van der Waals surface area (Å²) >= 11 is 3.49. The van der Waals surface area contributed by atoms with E-state index < -0.39 is 0 Å². The number of rotatable bonds is 4. The molecular weight excluding hydrogens is 296 g/mol. The van der Waals surface area contributed by atoms with Gasteiger partial charge in [-0.1, -0.05) is 12.1 Å². The summed E-state index contributed by atoms with van der Waals surface area (Å²) in [7, 11) is 2.10. The third kappa shape index (κ3) is 3.45. The Morgan fingerprint density at radius 3 is 3.11 bits per heavy atom. The van der Waals surface area contributed by atoms with Crippen LogP contribution in [0.4, 0.5) is 0 Å². The van der Waals surface area contributed by atoms with Crippen molar-refractivity contribution in [2.45, 2.75) is 12.6 Å². The van der Waals surface area contributed by atoms with E-state index in [1.54, 1.807) is 0 Å². The van der Waals surface area contributed by atoms with Gasteiger partial charge in [0.15, 0.2) is 0 Å². The molecule has 1 unspecified atom stereocenters. The van der Waals surface area contributed by atoms with Crippen LogP contribution in [-0.4, -0.2) is 44.4 Å². The average Bonchev–Trinajstić information content (AvgIpc) is 2.37. The minimum atomic E-state index is 0.126. The fraction of sp³-hybridized carbons (Fsp3) is 0.538. The van der Waals surface area contributed by atoms with Gasteiger partial charge >= 0.3 is 0 Å². The van der Waals surface area contributed by atoms with E-state index in [1.807, 2.05) is 18.2 Å². The smallest absolute Gasteiger partial charge is 0.138 e. The van der Waals surface area contributed by atoms with Gasteiger partial charge in [0, 0.05) is 25.2 Å². The number of hydrogen-bond donors (Lipinski definition) is 1. The molecule has 1 heterocycles. The Labute approximate surface area is 116 Å². The lowest BCUT2D eigenvalue weighted by Crippen LogP contribution is -2.42. The largest absolute Gasteiger partial charge is 0.489 e. The monoisotopic (exact) mass is 314 g/mol. The van der Waals surface area contributed by atoms with Crippen LogP contribution in [0.25, 0.3) is 0 Å². The lowest BCUT2D eigenvalue weighted by molar-refractivity contribution is -0.0405. The molecule has 0 amide bonds. The van der Waals surface area contributed by atoms with Crippen molar-refractivity contribution in [2.75, 3.05) is 33.4 Å². The highest BCUT2D eigenvalue weighted by Crippen LogP contribution is 2.29. The van der Waals surface area contributed by atoms with Gasteiger partial charge in [0.1, 0.15) is 18.5 Å². The zero-order valence-corrected chi connectivity index (χ0v) is 12.1. The van der Waals surface area contributed by atoms with Gasteiger partial charge in [-0.15, -0.1) is 0 Å². The Morgan fingerprint density at radius 2 is 2.39 bits per heavy atom. The van der Waals surface area contributed by atoms with E-state index in [9.17, 15) is 0 Å². The molecule has 0 saturated carbocycles. The van der Waals surface area contributed by atoms with Gasteiger partial charge in [-0.05, 0) is 29.0 Å². The van der Waals surface area contributed by atoms with Gasteiger partial charge in [-0.2, -0.15) is 0 Å². The fourth-order valence-electron chi connectivity index (χ4n) is 2.02. The Hall–Kier alpha value is -0.620. The molecule has 1 aliphatic rings. The lowest BCUT2D eigenvalue weighted by atomic mass is 10.2. The molecule has 2 rings (SSSR count). The Kier molecular flexibility index (Phi) is 5.00.